The second-order valence-electron chi connectivity index (χ2n) is 4.00. The minimum atomic E-state index is -0.281. The van der Waals surface area contributed by atoms with E-state index >= 15 is 0 Å². The molecule has 0 saturated carbocycles. The second kappa shape index (κ2) is 4.76. The largest absolute Gasteiger partial charge is 0.397 e. The Morgan fingerprint density at radius 2 is 1.94 bits per heavy atom. The van der Waals surface area contributed by atoms with Crippen molar-refractivity contribution in [2.75, 3.05) is 11.1 Å². The summed E-state index contributed by atoms with van der Waals surface area (Å²) in [5.41, 5.74) is 9.06. The van der Waals surface area contributed by atoms with Crippen LogP contribution in [0.2, 0.25) is 0 Å². The fraction of sp³-hybridized carbons (Fsp3) is 0.0714. The summed E-state index contributed by atoms with van der Waals surface area (Å²) in [6.45, 7) is 1.80. The predicted molar refractivity (Wildman–Crippen MR) is 70.0 cm³/mol. The molecule has 0 fully saturated rings. The topological polar surface area (TPSA) is 61.8 Å². The number of benzene rings is 2. The molecule has 0 unspecified atom stereocenters. The zero-order valence-corrected chi connectivity index (χ0v) is 9.87. The van der Waals surface area contributed by atoms with Crippen molar-refractivity contribution >= 4 is 17.1 Å². The molecular formula is C14H12FN3. The fourth-order valence-electron chi connectivity index (χ4n) is 1.65. The van der Waals surface area contributed by atoms with Gasteiger partial charge in [-0.15, -0.1) is 0 Å². The molecule has 2 rings (SSSR count). The molecule has 0 spiro atoms. The number of nitrogens with zero attached hydrogens (tertiary/aromatic N) is 1. The van der Waals surface area contributed by atoms with E-state index < -0.39 is 0 Å². The number of anilines is 3. The molecule has 0 radical (unpaired) electrons. The van der Waals surface area contributed by atoms with Gasteiger partial charge in [0.25, 0.3) is 0 Å². The first-order valence-corrected chi connectivity index (χ1v) is 5.43. The summed E-state index contributed by atoms with van der Waals surface area (Å²) in [5, 5.41) is 11.9. The number of nitriles is 1. The lowest BCUT2D eigenvalue weighted by Gasteiger charge is -2.12. The molecule has 0 atom stereocenters. The van der Waals surface area contributed by atoms with Crippen molar-refractivity contribution in [1.29, 1.82) is 5.26 Å². The second-order valence-corrected chi connectivity index (χ2v) is 4.00. The summed E-state index contributed by atoms with van der Waals surface area (Å²) in [4.78, 5) is 0. The highest BCUT2D eigenvalue weighted by Gasteiger charge is 2.04. The third kappa shape index (κ3) is 2.41. The number of nitrogens with two attached hydrogens (primary N) is 1. The molecule has 2 aromatic carbocycles. The van der Waals surface area contributed by atoms with Crippen LogP contribution < -0.4 is 11.1 Å². The molecule has 3 N–H and O–H groups in total. The number of nitrogens with one attached hydrogen (secondary N) is 1. The van der Waals surface area contributed by atoms with E-state index in [0.717, 1.165) is 11.3 Å². The Bertz CT molecular complexity index is 629. The van der Waals surface area contributed by atoms with Crippen LogP contribution in [0.25, 0.3) is 0 Å². The maximum atomic E-state index is 13.0. The highest BCUT2D eigenvalue weighted by atomic mass is 19.1. The van der Waals surface area contributed by atoms with Gasteiger partial charge in [0, 0.05) is 5.69 Å². The minimum Gasteiger partial charge on any atom is -0.397 e. The molecule has 0 aliphatic rings. The van der Waals surface area contributed by atoms with Crippen LogP contribution in [0.1, 0.15) is 11.1 Å². The molecule has 2 aromatic rings. The van der Waals surface area contributed by atoms with Gasteiger partial charge in [0.1, 0.15) is 5.82 Å². The molecule has 0 heterocycles. The van der Waals surface area contributed by atoms with Crippen LogP contribution in [0.5, 0.6) is 0 Å². The Hall–Kier alpha value is -2.54. The van der Waals surface area contributed by atoms with Crippen LogP contribution in [0.3, 0.4) is 0 Å². The number of hydrogen-bond donors (Lipinski definition) is 2. The van der Waals surface area contributed by atoms with Crippen molar-refractivity contribution in [3.8, 4) is 6.07 Å². The van der Waals surface area contributed by atoms with E-state index in [9.17, 15) is 4.39 Å². The fourth-order valence-corrected chi connectivity index (χ4v) is 1.65. The Kier molecular flexibility index (Phi) is 3.16. The summed E-state index contributed by atoms with van der Waals surface area (Å²) < 4.78 is 13.0. The Balaban J connectivity index is 2.37. The zero-order chi connectivity index (χ0) is 13.1. The van der Waals surface area contributed by atoms with E-state index in [4.69, 9.17) is 11.0 Å². The predicted octanol–water partition coefficient (Wildman–Crippen LogP) is 3.33. The first-order valence-electron chi connectivity index (χ1n) is 5.43. The van der Waals surface area contributed by atoms with Crippen molar-refractivity contribution in [2.24, 2.45) is 0 Å². The standard InChI is InChI=1S/C14H12FN3/c1-9-6-11(15)3-5-13(9)18-14-7-10(8-16)2-4-12(14)17/h2-7,18H,17H2,1H3. The zero-order valence-electron chi connectivity index (χ0n) is 9.87. The van der Waals surface area contributed by atoms with E-state index in [1.807, 2.05) is 6.07 Å². The van der Waals surface area contributed by atoms with E-state index in [0.29, 0.717) is 16.9 Å². The minimum absolute atomic E-state index is 0.281. The van der Waals surface area contributed by atoms with Crippen molar-refractivity contribution in [3.63, 3.8) is 0 Å². The number of rotatable bonds is 2. The first kappa shape index (κ1) is 11.9. The molecule has 90 valence electrons. The number of aryl methyl sites for hydroxylation is 1. The molecule has 3 nitrogen and oxygen atoms in total. The lowest BCUT2D eigenvalue weighted by Crippen LogP contribution is -1.98. The first-order chi connectivity index (χ1) is 8.60. The van der Waals surface area contributed by atoms with Gasteiger partial charge in [0.2, 0.25) is 0 Å². The summed E-state index contributed by atoms with van der Waals surface area (Å²) >= 11 is 0. The van der Waals surface area contributed by atoms with Gasteiger partial charge in [-0.25, -0.2) is 4.39 Å². The molecular weight excluding hydrogens is 229 g/mol. The highest BCUT2D eigenvalue weighted by molar-refractivity contribution is 5.75. The number of halogens is 1. The lowest BCUT2D eigenvalue weighted by atomic mass is 10.1. The normalized spacial score (nSPS) is 9.83. The summed E-state index contributed by atoms with van der Waals surface area (Å²) in [7, 11) is 0. The van der Waals surface area contributed by atoms with E-state index in [1.54, 1.807) is 31.2 Å². The highest BCUT2D eigenvalue weighted by Crippen LogP contribution is 2.26. The maximum Gasteiger partial charge on any atom is 0.123 e. The molecule has 18 heavy (non-hydrogen) atoms. The van der Waals surface area contributed by atoms with Gasteiger partial charge in [0.15, 0.2) is 0 Å². The Morgan fingerprint density at radius 3 is 2.61 bits per heavy atom. The van der Waals surface area contributed by atoms with Crippen molar-refractivity contribution < 1.29 is 4.39 Å². The van der Waals surface area contributed by atoms with Crippen LogP contribution in [0.15, 0.2) is 36.4 Å². The molecule has 0 aliphatic carbocycles. The molecule has 0 amide bonds. The van der Waals surface area contributed by atoms with Crippen LogP contribution in [-0.2, 0) is 0 Å². The summed E-state index contributed by atoms with van der Waals surface area (Å²) in [6, 6.07) is 11.5. The average Bonchev–Trinajstić information content (AvgIpc) is 2.35. The van der Waals surface area contributed by atoms with Gasteiger partial charge in [-0.1, -0.05) is 0 Å². The molecule has 0 aliphatic heterocycles. The van der Waals surface area contributed by atoms with Gasteiger partial charge in [-0.2, -0.15) is 5.26 Å². The Morgan fingerprint density at radius 1 is 1.17 bits per heavy atom. The quantitative estimate of drug-likeness (QED) is 0.793. The van der Waals surface area contributed by atoms with Gasteiger partial charge in [-0.3, -0.25) is 0 Å². The van der Waals surface area contributed by atoms with Crippen LogP contribution >= 0.6 is 0 Å². The van der Waals surface area contributed by atoms with Gasteiger partial charge >= 0.3 is 0 Å². The maximum absolute atomic E-state index is 13.0. The smallest absolute Gasteiger partial charge is 0.123 e. The third-order valence-corrected chi connectivity index (χ3v) is 2.64. The van der Waals surface area contributed by atoms with Crippen molar-refractivity contribution in [1.82, 2.24) is 0 Å². The SMILES string of the molecule is Cc1cc(F)ccc1Nc1cc(C#N)ccc1N. The average molecular weight is 241 g/mol. The van der Waals surface area contributed by atoms with Crippen molar-refractivity contribution in [2.45, 2.75) is 6.92 Å². The van der Waals surface area contributed by atoms with Crippen LogP contribution in [-0.4, -0.2) is 0 Å². The molecule has 0 aromatic heterocycles. The van der Waals surface area contributed by atoms with Gasteiger partial charge in [-0.05, 0) is 48.9 Å². The summed E-state index contributed by atoms with van der Waals surface area (Å²) in [6.07, 6.45) is 0. The van der Waals surface area contributed by atoms with E-state index in [-0.39, 0.29) is 5.82 Å². The monoisotopic (exact) mass is 241 g/mol. The number of nitrogen functional groups attached to an aromatic ring is 1. The molecule has 4 heteroatoms. The van der Waals surface area contributed by atoms with Gasteiger partial charge in [0.05, 0.1) is 23.0 Å². The Labute approximate surface area is 105 Å². The molecule has 0 bridgehead atoms. The van der Waals surface area contributed by atoms with Crippen LogP contribution in [0, 0.1) is 24.1 Å². The van der Waals surface area contributed by atoms with E-state index in [1.165, 1.54) is 12.1 Å². The lowest BCUT2D eigenvalue weighted by molar-refractivity contribution is 0.627. The van der Waals surface area contributed by atoms with E-state index in [2.05, 4.69) is 5.32 Å². The number of hydrogen-bond acceptors (Lipinski definition) is 3. The van der Waals surface area contributed by atoms with Crippen molar-refractivity contribution in [3.05, 3.63) is 53.3 Å². The third-order valence-electron chi connectivity index (χ3n) is 2.64. The van der Waals surface area contributed by atoms with Crippen LogP contribution in [0.4, 0.5) is 21.5 Å². The van der Waals surface area contributed by atoms with Gasteiger partial charge < -0.3 is 11.1 Å². The molecule has 0 saturated heterocycles. The summed E-state index contributed by atoms with van der Waals surface area (Å²) in [5.74, 6) is -0.281.